The highest BCUT2D eigenvalue weighted by Gasteiger charge is 2.58. The molecule has 0 spiro atoms. The van der Waals surface area contributed by atoms with E-state index in [-0.39, 0.29) is 12.8 Å². The first-order valence-electron chi connectivity index (χ1n) is 5.23. The van der Waals surface area contributed by atoms with Gasteiger partial charge in [-0.05, 0) is 24.0 Å². The molecule has 4 heteroatoms. The molecule has 0 heterocycles. The van der Waals surface area contributed by atoms with E-state index >= 15 is 0 Å². The summed E-state index contributed by atoms with van der Waals surface area (Å²) in [5, 5.41) is 9.80. The summed E-state index contributed by atoms with van der Waals surface area (Å²) in [6, 6.07) is 7.00. The van der Waals surface area contributed by atoms with Gasteiger partial charge in [0.2, 0.25) is 0 Å². The Morgan fingerprint density at radius 2 is 1.94 bits per heavy atom. The summed E-state index contributed by atoms with van der Waals surface area (Å²) < 4.78 is 38.5. The summed E-state index contributed by atoms with van der Waals surface area (Å²) >= 11 is 0. The van der Waals surface area contributed by atoms with Gasteiger partial charge in [0.25, 0.3) is 0 Å². The first kappa shape index (κ1) is 11.5. The normalized spacial score (nSPS) is 29.9. The number of rotatable bonds is 0. The predicted molar refractivity (Wildman–Crippen MR) is 54.2 cm³/mol. The van der Waals surface area contributed by atoms with Crippen LogP contribution in [0.4, 0.5) is 13.2 Å². The van der Waals surface area contributed by atoms with Gasteiger partial charge in [-0.1, -0.05) is 31.2 Å². The number of hydrogen-bond acceptors (Lipinski definition) is 1. The molecule has 0 saturated carbocycles. The Morgan fingerprint density at radius 1 is 1.31 bits per heavy atom. The second kappa shape index (κ2) is 3.48. The summed E-state index contributed by atoms with van der Waals surface area (Å²) in [4.78, 5) is 0. The average Bonchev–Trinajstić information content (AvgIpc) is 2.22. The van der Waals surface area contributed by atoms with Crippen LogP contribution in [0.5, 0.6) is 0 Å². The molecule has 16 heavy (non-hydrogen) atoms. The molecular weight excluding hydrogens is 217 g/mol. The molecule has 1 aliphatic carbocycles. The van der Waals surface area contributed by atoms with Crippen LogP contribution in [0.25, 0.3) is 0 Å². The van der Waals surface area contributed by atoms with E-state index in [1.807, 2.05) is 12.1 Å². The first-order chi connectivity index (χ1) is 7.36. The zero-order chi connectivity index (χ0) is 12.0. The van der Waals surface area contributed by atoms with Crippen LogP contribution in [-0.2, 0) is 6.42 Å². The number of fused-ring (bicyclic) bond motifs is 1. The minimum atomic E-state index is -4.57. The average molecular weight is 230 g/mol. The molecule has 0 radical (unpaired) electrons. The Morgan fingerprint density at radius 3 is 2.56 bits per heavy atom. The van der Waals surface area contributed by atoms with Crippen molar-refractivity contribution in [3.8, 4) is 0 Å². The maximum absolute atomic E-state index is 12.8. The van der Waals surface area contributed by atoms with Crippen LogP contribution in [0.15, 0.2) is 24.3 Å². The Balaban J connectivity index is 2.45. The van der Waals surface area contributed by atoms with Gasteiger partial charge in [0, 0.05) is 5.92 Å². The standard InChI is InChI=1S/C12H13F3O/c1-8-10-5-3-2-4-9(10)6-7-11(8,16)12(13,14)15/h2-5,8,16H,6-7H2,1H3. The summed E-state index contributed by atoms with van der Waals surface area (Å²) in [6.45, 7) is 1.44. The minimum absolute atomic E-state index is 0.255. The largest absolute Gasteiger partial charge is 0.417 e. The zero-order valence-corrected chi connectivity index (χ0v) is 8.88. The van der Waals surface area contributed by atoms with Crippen molar-refractivity contribution in [2.24, 2.45) is 0 Å². The third-order valence-corrected chi connectivity index (χ3v) is 3.50. The van der Waals surface area contributed by atoms with Crippen LogP contribution in [0.1, 0.15) is 30.4 Å². The lowest BCUT2D eigenvalue weighted by Crippen LogP contribution is -2.51. The highest BCUT2D eigenvalue weighted by atomic mass is 19.4. The van der Waals surface area contributed by atoms with Crippen molar-refractivity contribution >= 4 is 0 Å². The molecule has 2 rings (SSSR count). The van der Waals surface area contributed by atoms with E-state index < -0.39 is 17.7 Å². The monoisotopic (exact) mass is 230 g/mol. The van der Waals surface area contributed by atoms with E-state index in [0.717, 1.165) is 5.56 Å². The Hall–Kier alpha value is -1.03. The van der Waals surface area contributed by atoms with Gasteiger partial charge < -0.3 is 5.11 Å². The van der Waals surface area contributed by atoms with Crippen LogP contribution in [0.3, 0.4) is 0 Å². The van der Waals surface area contributed by atoms with Gasteiger partial charge in [-0.3, -0.25) is 0 Å². The number of benzene rings is 1. The van der Waals surface area contributed by atoms with Crippen LogP contribution in [0.2, 0.25) is 0 Å². The zero-order valence-electron chi connectivity index (χ0n) is 8.88. The summed E-state index contributed by atoms with van der Waals surface area (Å²) in [5.74, 6) is -0.905. The van der Waals surface area contributed by atoms with Crippen molar-refractivity contribution < 1.29 is 18.3 Å². The van der Waals surface area contributed by atoms with E-state index in [1.165, 1.54) is 6.92 Å². The molecule has 1 nitrogen and oxygen atoms in total. The fraction of sp³-hybridized carbons (Fsp3) is 0.500. The molecule has 2 atom stereocenters. The van der Waals surface area contributed by atoms with Crippen LogP contribution in [0, 0.1) is 0 Å². The van der Waals surface area contributed by atoms with Gasteiger partial charge in [0.15, 0.2) is 5.60 Å². The van der Waals surface area contributed by atoms with Gasteiger partial charge in [-0.25, -0.2) is 0 Å². The minimum Gasteiger partial charge on any atom is -0.380 e. The lowest BCUT2D eigenvalue weighted by atomic mass is 9.72. The Labute approximate surface area is 91.9 Å². The molecule has 1 aromatic carbocycles. The number of aryl methyl sites for hydroxylation is 1. The van der Waals surface area contributed by atoms with Crippen LogP contribution >= 0.6 is 0 Å². The van der Waals surface area contributed by atoms with Crippen molar-refractivity contribution in [2.75, 3.05) is 0 Å². The Bertz CT molecular complexity index is 399. The smallest absolute Gasteiger partial charge is 0.380 e. The SMILES string of the molecule is CC1c2ccccc2CCC1(O)C(F)(F)F. The Kier molecular flexibility index (Phi) is 2.49. The fourth-order valence-corrected chi connectivity index (χ4v) is 2.37. The quantitative estimate of drug-likeness (QED) is 0.726. The van der Waals surface area contributed by atoms with Crippen molar-refractivity contribution in [3.63, 3.8) is 0 Å². The van der Waals surface area contributed by atoms with Gasteiger partial charge >= 0.3 is 6.18 Å². The summed E-state index contributed by atoms with van der Waals surface area (Å²) in [6.07, 6.45) is -4.55. The van der Waals surface area contributed by atoms with Gasteiger partial charge in [-0.15, -0.1) is 0 Å². The van der Waals surface area contributed by atoms with Crippen molar-refractivity contribution in [1.29, 1.82) is 0 Å². The molecule has 0 saturated heterocycles. The van der Waals surface area contributed by atoms with Crippen LogP contribution < -0.4 is 0 Å². The second-order valence-corrected chi connectivity index (χ2v) is 4.34. The van der Waals surface area contributed by atoms with E-state index in [4.69, 9.17) is 0 Å². The van der Waals surface area contributed by atoms with E-state index in [1.54, 1.807) is 12.1 Å². The lowest BCUT2D eigenvalue weighted by Gasteiger charge is -2.40. The molecule has 88 valence electrons. The van der Waals surface area contributed by atoms with Gasteiger partial charge in [0.05, 0.1) is 0 Å². The fourth-order valence-electron chi connectivity index (χ4n) is 2.37. The molecule has 2 unspecified atom stereocenters. The van der Waals surface area contributed by atoms with E-state index in [9.17, 15) is 18.3 Å². The topological polar surface area (TPSA) is 20.2 Å². The molecule has 0 aliphatic heterocycles. The van der Waals surface area contributed by atoms with Crippen molar-refractivity contribution in [2.45, 2.75) is 37.5 Å². The highest BCUT2D eigenvalue weighted by Crippen LogP contribution is 2.47. The maximum Gasteiger partial charge on any atom is 0.417 e. The third-order valence-electron chi connectivity index (χ3n) is 3.50. The molecule has 1 N–H and O–H groups in total. The molecule has 0 aromatic heterocycles. The number of aliphatic hydroxyl groups is 1. The molecule has 1 aromatic rings. The summed E-state index contributed by atoms with van der Waals surface area (Å²) in [5.41, 5.74) is -1.07. The third kappa shape index (κ3) is 1.52. The van der Waals surface area contributed by atoms with E-state index in [2.05, 4.69) is 0 Å². The maximum atomic E-state index is 12.8. The molecule has 0 fully saturated rings. The molecule has 0 bridgehead atoms. The lowest BCUT2D eigenvalue weighted by molar-refractivity contribution is -0.271. The highest BCUT2D eigenvalue weighted by molar-refractivity contribution is 5.35. The van der Waals surface area contributed by atoms with Crippen LogP contribution in [-0.4, -0.2) is 16.9 Å². The summed E-state index contributed by atoms with van der Waals surface area (Å²) in [7, 11) is 0. The van der Waals surface area contributed by atoms with Crippen molar-refractivity contribution in [1.82, 2.24) is 0 Å². The number of halogens is 3. The second-order valence-electron chi connectivity index (χ2n) is 4.34. The molecular formula is C12H13F3O. The van der Waals surface area contributed by atoms with Gasteiger partial charge in [-0.2, -0.15) is 13.2 Å². The predicted octanol–water partition coefficient (Wildman–Crippen LogP) is 3.03. The molecule has 0 amide bonds. The first-order valence-corrected chi connectivity index (χ1v) is 5.23. The van der Waals surface area contributed by atoms with Crippen molar-refractivity contribution in [3.05, 3.63) is 35.4 Å². The number of alkyl halides is 3. The molecule has 1 aliphatic rings. The van der Waals surface area contributed by atoms with E-state index in [0.29, 0.717) is 5.56 Å². The van der Waals surface area contributed by atoms with Gasteiger partial charge in [0.1, 0.15) is 0 Å². The number of hydrogen-bond donors (Lipinski definition) is 1.